The minimum absolute atomic E-state index is 0.0540. The first-order chi connectivity index (χ1) is 9.20. The number of hydrogen-bond donors (Lipinski definition) is 2. The van der Waals surface area contributed by atoms with E-state index in [0.717, 1.165) is 6.54 Å². The van der Waals surface area contributed by atoms with Crippen LogP contribution in [0.5, 0.6) is 5.75 Å². The summed E-state index contributed by atoms with van der Waals surface area (Å²) in [6.45, 7) is 3.24. The van der Waals surface area contributed by atoms with Gasteiger partial charge in [0.15, 0.2) is 0 Å². The Hall–Kier alpha value is -1.71. The van der Waals surface area contributed by atoms with Crippen LogP contribution in [0.25, 0.3) is 0 Å². The van der Waals surface area contributed by atoms with Gasteiger partial charge >= 0.3 is 0 Å². The molecule has 4 heteroatoms. The number of benzene rings is 1. The van der Waals surface area contributed by atoms with E-state index >= 15 is 0 Å². The van der Waals surface area contributed by atoms with Crippen molar-refractivity contribution in [1.82, 2.24) is 5.32 Å². The van der Waals surface area contributed by atoms with Crippen molar-refractivity contribution in [3.05, 3.63) is 23.8 Å². The molecular weight excluding hydrogens is 240 g/mol. The van der Waals surface area contributed by atoms with E-state index in [1.54, 1.807) is 18.2 Å². The van der Waals surface area contributed by atoms with Crippen molar-refractivity contribution >= 4 is 11.6 Å². The first kappa shape index (κ1) is 13.7. The number of nitrogen functional groups attached to an aromatic ring is 1. The average molecular weight is 262 g/mol. The Morgan fingerprint density at radius 1 is 1.42 bits per heavy atom. The van der Waals surface area contributed by atoms with Crippen molar-refractivity contribution in [3.8, 4) is 5.75 Å². The second kappa shape index (κ2) is 6.45. The molecule has 4 nitrogen and oxygen atoms in total. The van der Waals surface area contributed by atoms with Gasteiger partial charge in [0.2, 0.25) is 0 Å². The molecule has 0 aliphatic heterocycles. The number of anilines is 1. The molecule has 1 aromatic rings. The van der Waals surface area contributed by atoms with E-state index in [9.17, 15) is 4.79 Å². The molecule has 0 atom stereocenters. The molecule has 19 heavy (non-hydrogen) atoms. The summed E-state index contributed by atoms with van der Waals surface area (Å²) in [5, 5.41) is 2.98. The van der Waals surface area contributed by atoms with Gasteiger partial charge in [0, 0.05) is 12.1 Å². The van der Waals surface area contributed by atoms with Gasteiger partial charge in [-0.1, -0.05) is 12.8 Å². The van der Waals surface area contributed by atoms with E-state index in [2.05, 4.69) is 5.32 Å². The minimum Gasteiger partial charge on any atom is -0.492 e. The summed E-state index contributed by atoms with van der Waals surface area (Å²) >= 11 is 0. The largest absolute Gasteiger partial charge is 0.492 e. The molecule has 2 rings (SSSR count). The lowest BCUT2D eigenvalue weighted by Crippen LogP contribution is -2.28. The molecule has 1 aromatic carbocycles. The monoisotopic (exact) mass is 262 g/mol. The van der Waals surface area contributed by atoms with Crippen molar-refractivity contribution in [2.24, 2.45) is 5.92 Å². The molecule has 1 fully saturated rings. The molecule has 1 amide bonds. The maximum Gasteiger partial charge on any atom is 0.251 e. The lowest BCUT2D eigenvalue weighted by molar-refractivity contribution is 0.0947. The molecule has 104 valence electrons. The number of amides is 1. The number of ether oxygens (including phenoxy) is 1. The summed E-state index contributed by atoms with van der Waals surface area (Å²) in [4.78, 5) is 12.0. The van der Waals surface area contributed by atoms with E-state index in [1.165, 1.54) is 25.7 Å². The fraction of sp³-hybridized carbons (Fsp3) is 0.533. The highest BCUT2D eigenvalue weighted by Crippen LogP contribution is 2.24. The third-order valence-corrected chi connectivity index (χ3v) is 3.60. The van der Waals surface area contributed by atoms with Gasteiger partial charge in [0.25, 0.3) is 5.91 Å². The van der Waals surface area contributed by atoms with Crippen LogP contribution < -0.4 is 15.8 Å². The van der Waals surface area contributed by atoms with Crippen LogP contribution in [0.3, 0.4) is 0 Å². The van der Waals surface area contributed by atoms with Crippen LogP contribution in [0, 0.1) is 5.92 Å². The number of nitrogens with one attached hydrogen (secondary N) is 1. The van der Waals surface area contributed by atoms with Crippen LogP contribution in [0.2, 0.25) is 0 Å². The van der Waals surface area contributed by atoms with Gasteiger partial charge in [-0.05, 0) is 43.9 Å². The van der Waals surface area contributed by atoms with E-state index in [4.69, 9.17) is 10.5 Å². The maximum absolute atomic E-state index is 12.0. The maximum atomic E-state index is 12.0. The second-order valence-electron chi connectivity index (χ2n) is 5.05. The van der Waals surface area contributed by atoms with Crippen LogP contribution >= 0.6 is 0 Å². The van der Waals surface area contributed by atoms with E-state index in [1.807, 2.05) is 6.92 Å². The van der Waals surface area contributed by atoms with Gasteiger partial charge in [0.1, 0.15) is 5.75 Å². The molecule has 0 bridgehead atoms. The number of carbonyl (C=O) groups is 1. The second-order valence-corrected chi connectivity index (χ2v) is 5.05. The molecule has 3 N–H and O–H groups in total. The Kier molecular flexibility index (Phi) is 4.66. The van der Waals surface area contributed by atoms with Crippen LogP contribution in [-0.2, 0) is 0 Å². The van der Waals surface area contributed by atoms with Gasteiger partial charge < -0.3 is 15.8 Å². The fourth-order valence-electron chi connectivity index (χ4n) is 2.53. The molecule has 1 saturated carbocycles. The van der Waals surface area contributed by atoms with Crippen LogP contribution in [0.15, 0.2) is 18.2 Å². The molecule has 0 aromatic heterocycles. The standard InChI is InChI=1S/C15H22N2O2/c1-2-19-14-8-7-12(9-13(14)16)15(18)17-10-11-5-3-4-6-11/h7-9,11H,2-6,10,16H2,1H3,(H,17,18). The summed E-state index contributed by atoms with van der Waals surface area (Å²) in [6, 6.07) is 5.18. The Balaban J connectivity index is 1.92. The smallest absolute Gasteiger partial charge is 0.251 e. The van der Waals surface area contributed by atoms with Crippen molar-refractivity contribution in [3.63, 3.8) is 0 Å². The highest BCUT2D eigenvalue weighted by molar-refractivity contribution is 5.95. The molecule has 0 spiro atoms. The molecule has 0 saturated heterocycles. The third kappa shape index (κ3) is 3.63. The van der Waals surface area contributed by atoms with Gasteiger partial charge in [-0.25, -0.2) is 0 Å². The highest BCUT2D eigenvalue weighted by atomic mass is 16.5. The molecule has 0 heterocycles. The van der Waals surface area contributed by atoms with Crippen LogP contribution in [0.1, 0.15) is 43.0 Å². The summed E-state index contributed by atoms with van der Waals surface area (Å²) in [5.74, 6) is 1.22. The third-order valence-electron chi connectivity index (χ3n) is 3.60. The van der Waals surface area contributed by atoms with Gasteiger partial charge in [-0.2, -0.15) is 0 Å². The SMILES string of the molecule is CCOc1ccc(C(=O)NCC2CCCC2)cc1N. The predicted octanol–water partition coefficient (Wildman–Crippen LogP) is 2.59. The number of nitrogens with two attached hydrogens (primary N) is 1. The predicted molar refractivity (Wildman–Crippen MR) is 76.3 cm³/mol. The Morgan fingerprint density at radius 3 is 2.79 bits per heavy atom. The quantitative estimate of drug-likeness (QED) is 0.802. The van der Waals surface area contributed by atoms with Gasteiger partial charge in [-0.3, -0.25) is 4.79 Å². The van der Waals surface area contributed by atoms with Crippen LogP contribution in [-0.4, -0.2) is 19.1 Å². The van der Waals surface area contributed by atoms with Crippen LogP contribution in [0.4, 0.5) is 5.69 Å². The van der Waals surface area contributed by atoms with E-state index in [-0.39, 0.29) is 5.91 Å². The molecule has 0 radical (unpaired) electrons. The lowest BCUT2D eigenvalue weighted by atomic mass is 10.1. The minimum atomic E-state index is -0.0540. The topological polar surface area (TPSA) is 64.3 Å². The summed E-state index contributed by atoms with van der Waals surface area (Å²) in [5.41, 5.74) is 6.96. The zero-order chi connectivity index (χ0) is 13.7. The Labute approximate surface area is 114 Å². The van der Waals surface area contributed by atoms with Crippen molar-refractivity contribution in [1.29, 1.82) is 0 Å². The van der Waals surface area contributed by atoms with Crippen molar-refractivity contribution in [2.45, 2.75) is 32.6 Å². The number of rotatable bonds is 5. The molecule has 1 aliphatic carbocycles. The number of carbonyl (C=O) groups excluding carboxylic acids is 1. The first-order valence-electron chi connectivity index (χ1n) is 7.01. The van der Waals surface area contributed by atoms with Crippen molar-refractivity contribution in [2.75, 3.05) is 18.9 Å². The summed E-state index contributed by atoms with van der Waals surface area (Å²) < 4.78 is 5.36. The normalized spacial score (nSPS) is 15.4. The molecule has 1 aliphatic rings. The molecule has 0 unspecified atom stereocenters. The first-order valence-corrected chi connectivity index (χ1v) is 7.01. The lowest BCUT2D eigenvalue weighted by Gasteiger charge is -2.12. The van der Waals surface area contributed by atoms with E-state index in [0.29, 0.717) is 29.5 Å². The highest BCUT2D eigenvalue weighted by Gasteiger charge is 2.16. The zero-order valence-electron chi connectivity index (χ0n) is 11.4. The zero-order valence-corrected chi connectivity index (χ0v) is 11.4. The molecular formula is C15H22N2O2. The Bertz CT molecular complexity index is 440. The fourth-order valence-corrected chi connectivity index (χ4v) is 2.53. The number of hydrogen-bond acceptors (Lipinski definition) is 3. The van der Waals surface area contributed by atoms with E-state index < -0.39 is 0 Å². The summed E-state index contributed by atoms with van der Waals surface area (Å²) in [7, 11) is 0. The van der Waals surface area contributed by atoms with Crippen molar-refractivity contribution < 1.29 is 9.53 Å². The summed E-state index contributed by atoms with van der Waals surface area (Å²) in [6.07, 6.45) is 5.03. The Morgan fingerprint density at radius 2 is 2.16 bits per heavy atom. The average Bonchev–Trinajstić information content (AvgIpc) is 2.91. The van der Waals surface area contributed by atoms with Gasteiger partial charge in [-0.15, -0.1) is 0 Å². The van der Waals surface area contributed by atoms with Gasteiger partial charge in [0.05, 0.1) is 12.3 Å².